The predicted octanol–water partition coefficient (Wildman–Crippen LogP) is 3.22. The molecule has 0 bridgehead atoms. The molecular formula is C24H38IN5O. The molecule has 1 aromatic rings. The summed E-state index contributed by atoms with van der Waals surface area (Å²) in [5.41, 5.74) is 1.38. The van der Waals surface area contributed by atoms with E-state index in [9.17, 15) is 0 Å². The van der Waals surface area contributed by atoms with Crippen molar-refractivity contribution in [3.8, 4) is 5.75 Å². The van der Waals surface area contributed by atoms with Crippen molar-refractivity contribution in [2.45, 2.75) is 31.3 Å². The third-order valence-electron chi connectivity index (χ3n) is 7.02. The van der Waals surface area contributed by atoms with Gasteiger partial charge in [-0.15, -0.1) is 24.0 Å². The maximum atomic E-state index is 5.35. The minimum atomic E-state index is 0. The minimum Gasteiger partial charge on any atom is -0.497 e. The van der Waals surface area contributed by atoms with Crippen LogP contribution in [0.5, 0.6) is 5.75 Å². The Morgan fingerprint density at radius 3 is 2.55 bits per heavy atom. The van der Waals surface area contributed by atoms with Gasteiger partial charge in [0.15, 0.2) is 5.96 Å². The Morgan fingerprint density at radius 1 is 1.13 bits per heavy atom. The topological polar surface area (TPSA) is 43.3 Å². The van der Waals surface area contributed by atoms with Crippen molar-refractivity contribution in [2.24, 2.45) is 10.9 Å². The highest BCUT2D eigenvalue weighted by Gasteiger charge is 2.32. The predicted molar refractivity (Wildman–Crippen MR) is 139 cm³/mol. The van der Waals surface area contributed by atoms with E-state index in [1.165, 1.54) is 24.8 Å². The number of hydrogen-bond donors (Lipinski definition) is 1. The van der Waals surface area contributed by atoms with Gasteiger partial charge in [0, 0.05) is 51.9 Å². The van der Waals surface area contributed by atoms with Crippen LogP contribution in [0.4, 0.5) is 0 Å². The second-order valence-electron chi connectivity index (χ2n) is 8.84. The van der Waals surface area contributed by atoms with E-state index in [0.29, 0.717) is 18.0 Å². The highest BCUT2D eigenvalue weighted by atomic mass is 127. The summed E-state index contributed by atoms with van der Waals surface area (Å²) in [5, 5.41) is 3.73. The first-order valence-electron chi connectivity index (χ1n) is 11.4. The van der Waals surface area contributed by atoms with Crippen LogP contribution in [0, 0.1) is 5.92 Å². The number of nitrogens with one attached hydrogen (secondary N) is 1. The third kappa shape index (κ3) is 5.73. The molecule has 3 atom stereocenters. The first kappa shape index (κ1) is 24.3. The van der Waals surface area contributed by atoms with Crippen LogP contribution in [0.1, 0.15) is 30.9 Å². The van der Waals surface area contributed by atoms with Crippen molar-refractivity contribution < 1.29 is 4.74 Å². The number of piperidine rings is 1. The van der Waals surface area contributed by atoms with E-state index in [0.717, 1.165) is 51.0 Å². The van der Waals surface area contributed by atoms with Crippen LogP contribution in [-0.2, 0) is 0 Å². The smallest absolute Gasteiger partial charge is 0.193 e. The summed E-state index contributed by atoms with van der Waals surface area (Å²) in [7, 11) is 5.90. The molecule has 3 aliphatic heterocycles. The molecule has 0 spiro atoms. The molecule has 7 heteroatoms. The number of likely N-dealkylation sites (tertiary alicyclic amines) is 2. The van der Waals surface area contributed by atoms with E-state index in [2.05, 4.69) is 68.5 Å². The van der Waals surface area contributed by atoms with Gasteiger partial charge < -0.3 is 15.0 Å². The maximum Gasteiger partial charge on any atom is 0.193 e. The highest BCUT2D eigenvalue weighted by Crippen LogP contribution is 2.35. The fourth-order valence-corrected chi connectivity index (χ4v) is 5.38. The SMILES string of the molecule is CN=C(NCC1CCCN(C)C1c1ccc(OC)cc1)N1CCC(N2CC=CC2)C1.I. The molecule has 3 heterocycles. The van der Waals surface area contributed by atoms with E-state index >= 15 is 0 Å². The fourth-order valence-electron chi connectivity index (χ4n) is 5.38. The van der Waals surface area contributed by atoms with Gasteiger partial charge in [-0.25, -0.2) is 0 Å². The van der Waals surface area contributed by atoms with Crippen LogP contribution in [0.25, 0.3) is 0 Å². The second-order valence-corrected chi connectivity index (χ2v) is 8.84. The maximum absolute atomic E-state index is 5.35. The summed E-state index contributed by atoms with van der Waals surface area (Å²) in [6.45, 7) is 6.48. The number of ether oxygens (including phenoxy) is 1. The van der Waals surface area contributed by atoms with Crippen LogP contribution in [0.3, 0.4) is 0 Å². The van der Waals surface area contributed by atoms with Crippen LogP contribution in [0.15, 0.2) is 41.4 Å². The Kier molecular flexibility index (Phi) is 9.04. The molecular weight excluding hydrogens is 501 g/mol. The standard InChI is InChI=1S/C24H37N5O.HI/c1-25-24(29-16-12-21(18-29)28-14-4-5-15-28)26-17-20-7-6-13-27(2)23(20)19-8-10-22(30-3)11-9-19;/h4-5,8-11,20-21,23H,6-7,12-18H2,1-3H3,(H,25,26);1H. The van der Waals surface area contributed by atoms with Crippen LogP contribution in [0.2, 0.25) is 0 Å². The zero-order valence-corrected chi connectivity index (χ0v) is 21.5. The molecule has 172 valence electrons. The number of benzene rings is 1. The van der Waals surface area contributed by atoms with Crippen LogP contribution < -0.4 is 10.1 Å². The Balaban J connectivity index is 0.00000272. The first-order chi connectivity index (χ1) is 14.7. The molecule has 3 aliphatic rings. The van der Waals surface area contributed by atoms with E-state index in [1.807, 2.05) is 7.05 Å². The summed E-state index contributed by atoms with van der Waals surface area (Å²) >= 11 is 0. The van der Waals surface area contributed by atoms with Crippen molar-refractivity contribution in [3.05, 3.63) is 42.0 Å². The number of rotatable bonds is 5. The molecule has 0 saturated carbocycles. The average molecular weight is 540 g/mol. The molecule has 3 unspecified atom stereocenters. The minimum absolute atomic E-state index is 0. The Labute approximate surface area is 204 Å². The molecule has 31 heavy (non-hydrogen) atoms. The largest absolute Gasteiger partial charge is 0.497 e. The second kappa shape index (κ2) is 11.5. The molecule has 0 amide bonds. The number of nitrogens with zero attached hydrogens (tertiary/aromatic N) is 4. The lowest BCUT2D eigenvalue weighted by atomic mass is 9.85. The molecule has 4 rings (SSSR count). The summed E-state index contributed by atoms with van der Waals surface area (Å²) < 4.78 is 5.35. The Morgan fingerprint density at radius 2 is 1.87 bits per heavy atom. The zero-order valence-electron chi connectivity index (χ0n) is 19.2. The molecule has 2 fully saturated rings. The third-order valence-corrected chi connectivity index (χ3v) is 7.02. The molecule has 2 saturated heterocycles. The average Bonchev–Trinajstić information content (AvgIpc) is 3.47. The molecule has 0 aromatic heterocycles. The van der Waals surface area contributed by atoms with E-state index in [-0.39, 0.29) is 24.0 Å². The fraction of sp³-hybridized carbons (Fsp3) is 0.625. The van der Waals surface area contributed by atoms with Gasteiger partial charge in [-0.1, -0.05) is 24.3 Å². The molecule has 0 radical (unpaired) electrons. The van der Waals surface area contributed by atoms with E-state index in [1.54, 1.807) is 7.11 Å². The lowest BCUT2D eigenvalue weighted by molar-refractivity contribution is 0.122. The summed E-state index contributed by atoms with van der Waals surface area (Å²) in [4.78, 5) is 12.1. The quantitative estimate of drug-likeness (QED) is 0.270. The highest BCUT2D eigenvalue weighted by molar-refractivity contribution is 14.0. The number of guanidine groups is 1. The molecule has 1 N–H and O–H groups in total. The summed E-state index contributed by atoms with van der Waals surface area (Å²) in [5.74, 6) is 2.55. The lowest BCUT2D eigenvalue weighted by Crippen LogP contribution is -2.47. The van der Waals surface area contributed by atoms with Gasteiger partial charge in [-0.05, 0) is 56.5 Å². The van der Waals surface area contributed by atoms with Gasteiger partial charge in [0.05, 0.1) is 7.11 Å². The lowest BCUT2D eigenvalue weighted by Gasteiger charge is -2.40. The Bertz CT molecular complexity index is 745. The van der Waals surface area contributed by atoms with Crippen molar-refractivity contribution in [1.29, 1.82) is 0 Å². The van der Waals surface area contributed by atoms with Gasteiger partial charge in [-0.2, -0.15) is 0 Å². The van der Waals surface area contributed by atoms with Gasteiger partial charge >= 0.3 is 0 Å². The van der Waals surface area contributed by atoms with Gasteiger partial charge in [-0.3, -0.25) is 14.8 Å². The van der Waals surface area contributed by atoms with Crippen molar-refractivity contribution >= 4 is 29.9 Å². The molecule has 6 nitrogen and oxygen atoms in total. The van der Waals surface area contributed by atoms with E-state index in [4.69, 9.17) is 4.74 Å². The summed E-state index contributed by atoms with van der Waals surface area (Å²) in [6.07, 6.45) is 8.29. The normalized spacial score (nSPS) is 27.4. The van der Waals surface area contributed by atoms with Crippen molar-refractivity contribution in [3.63, 3.8) is 0 Å². The molecule has 1 aromatic carbocycles. The zero-order chi connectivity index (χ0) is 20.9. The van der Waals surface area contributed by atoms with Crippen LogP contribution in [-0.4, -0.2) is 87.2 Å². The van der Waals surface area contributed by atoms with Crippen molar-refractivity contribution in [1.82, 2.24) is 20.0 Å². The van der Waals surface area contributed by atoms with Crippen LogP contribution >= 0.6 is 24.0 Å². The number of halogens is 1. The van der Waals surface area contributed by atoms with E-state index < -0.39 is 0 Å². The van der Waals surface area contributed by atoms with Crippen molar-refractivity contribution in [2.75, 3.05) is 60.5 Å². The number of aliphatic imine (C=N–C) groups is 1. The van der Waals surface area contributed by atoms with Gasteiger partial charge in [0.25, 0.3) is 0 Å². The number of methoxy groups -OCH3 is 1. The number of hydrogen-bond acceptors (Lipinski definition) is 4. The summed E-state index contributed by atoms with van der Waals surface area (Å²) in [6, 6.07) is 9.69. The van der Waals surface area contributed by atoms with Gasteiger partial charge in [0.1, 0.15) is 5.75 Å². The van der Waals surface area contributed by atoms with Gasteiger partial charge in [0.2, 0.25) is 0 Å². The molecule has 0 aliphatic carbocycles. The monoisotopic (exact) mass is 539 g/mol. The Hall–Kier alpha value is -1.32. The first-order valence-corrected chi connectivity index (χ1v) is 11.4.